The molecule has 27 heavy (non-hydrogen) atoms. The van der Waals surface area contributed by atoms with E-state index in [1.807, 2.05) is 61.2 Å². The van der Waals surface area contributed by atoms with E-state index in [1.54, 1.807) is 0 Å². The fourth-order valence-corrected chi connectivity index (χ4v) is 3.50. The zero-order valence-electron chi connectivity index (χ0n) is 16.2. The van der Waals surface area contributed by atoms with Gasteiger partial charge in [-0.15, -0.1) is 0 Å². The molecule has 0 atom stereocenters. The van der Waals surface area contributed by atoms with Crippen LogP contribution in [0.2, 0.25) is 0 Å². The minimum absolute atomic E-state index is 0.0709. The molecule has 3 rings (SSSR count). The number of rotatable bonds is 5. The van der Waals surface area contributed by atoms with Crippen LogP contribution in [0.1, 0.15) is 43.5 Å². The standard InChI is InChI=1S/C23H28N2O2/c1-17(2)16-22(26)24-21-12-14-25(15-13-21)23(27)20-10-8-19(9-11-20)18-6-4-3-5-7-18/h3-11,17,21H,12-16H2,1-2H3,(H,24,26). The Hall–Kier alpha value is -2.62. The van der Waals surface area contributed by atoms with Gasteiger partial charge in [-0.05, 0) is 42.0 Å². The first-order valence-corrected chi connectivity index (χ1v) is 9.77. The van der Waals surface area contributed by atoms with Crippen molar-refractivity contribution in [1.82, 2.24) is 10.2 Å². The lowest BCUT2D eigenvalue weighted by Crippen LogP contribution is -2.46. The van der Waals surface area contributed by atoms with E-state index in [2.05, 4.69) is 17.4 Å². The van der Waals surface area contributed by atoms with Gasteiger partial charge in [0.25, 0.3) is 5.91 Å². The number of hydrogen-bond donors (Lipinski definition) is 1. The summed E-state index contributed by atoms with van der Waals surface area (Å²) in [5.74, 6) is 0.554. The lowest BCUT2D eigenvalue weighted by atomic mass is 10.0. The van der Waals surface area contributed by atoms with Crippen LogP contribution in [-0.2, 0) is 4.79 Å². The maximum atomic E-state index is 12.8. The molecule has 1 aliphatic heterocycles. The second-order valence-electron chi connectivity index (χ2n) is 7.68. The molecule has 1 saturated heterocycles. The molecule has 0 aliphatic carbocycles. The van der Waals surface area contributed by atoms with Crippen LogP contribution in [0.4, 0.5) is 0 Å². The van der Waals surface area contributed by atoms with E-state index >= 15 is 0 Å². The highest BCUT2D eigenvalue weighted by molar-refractivity contribution is 5.94. The van der Waals surface area contributed by atoms with Crippen molar-refractivity contribution in [2.45, 2.75) is 39.2 Å². The van der Waals surface area contributed by atoms with Crippen LogP contribution in [0.3, 0.4) is 0 Å². The molecule has 2 amide bonds. The molecule has 2 aromatic carbocycles. The highest BCUT2D eigenvalue weighted by Crippen LogP contribution is 2.21. The third-order valence-electron chi connectivity index (χ3n) is 4.98. The van der Waals surface area contributed by atoms with Gasteiger partial charge in [0.1, 0.15) is 0 Å². The Morgan fingerprint density at radius 1 is 0.963 bits per heavy atom. The van der Waals surface area contributed by atoms with Gasteiger partial charge in [-0.2, -0.15) is 0 Å². The predicted molar refractivity (Wildman–Crippen MR) is 108 cm³/mol. The molecular weight excluding hydrogens is 336 g/mol. The van der Waals surface area contributed by atoms with Crippen LogP contribution in [0.25, 0.3) is 11.1 Å². The number of carbonyl (C=O) groups excluding carboxylic acids is 2. The lowest BCUT2D eigenvalue weighted by molar-refractivity contribution is -0.122. The van der Waals surface area contributed by atoms with E-state index in [9.17, 15) is 9.59 Å². The second-order valence-corrected chi connectivity index (χ2v) is 7.68. The molecule has 0 unspecified atom stereocenters. The van der Waals surface area contributed by atoms with Crippen LogP contribution in [0.5, 0.6) is 0 Å². The molecule has 1 fully saturated rings. The van der Waals surface area contributed by atoms with Gasteiger partial charge in [0, 0.05) is 31.1 Å². The molecule has 4 nitrogen and oxygen atoms in total. The third-order valence-corrected chi connectivity index (χ3v) is 4.98. The maximum Gasteiger partial charge on any atom is 0.253 e. The predicted octanol–water partition coefficient (Wildman–Crippen LogP) is 4.12. The van der Waals surface area contributed by atoms with Crippen LogP contribution >= 0.6 is 0 Å². The number of nitrogens with one attached hydrogen (secondary N) is 1. The summed E-state index contributed by atoms with van der Waals surface area (Å²) in [5, 5.41) is 3.10. The normalized spacial score (nSPS) is 15.0. The minimum atomic E-state index is 0.0709. The largest absolute Gasteiger partial charge is 0.353 e. The Balaban J connectivity index is 1.54. The van der Waals surface area contributed by atoms with Gasteiger partial charge in [0.2, 0.25) is 5.91 Å². The molecular formula is C23H28N2O2. The van der Waals surface area contributed by atoms with Crippen molar-refractivity contribution in [2.24, 2.45) is 5.92 Å². The van der Waals surface area contributed by atoms with E-state index in [-0.39, 0.29) is 17.9 Å². The number of likely N-dealkylation sites (tertiary alicyclic amines) is 1. The highest BCUT2D eigenvalue weighted by atomic mass is 16.2. The molecule has 0 spiro atoms. The van der Waals surface area contributed by atoms with Crippen molar-refractivity contribution in [3.05, 3.63) is 60.2 Å². The molecule has 1 heterocycles. The second kappa shape index (κ2) is 8.85. The van der Waals surface area contributed by atoms with E-state index < -0.39 is 0 Å². The van der Waals surface area contributed by atoms with Crippen LogP contribution in [0, 0.1) is 5.92 Å². The Morgan fingerprint density at radius 3 is 2.15 bits per heavy atom. The fourth-order valence-electron chi connectivity index (χ4n) is 3.50. The van der Waals surface area contributed by atoms with Crippen molar-refractivity contribution in [1.29, 1.82) is 0 Å². The first-order valence-electron chi connectivity index (χ1n) is 9.77. The summed E-state index contributed by atoms with van der Waals surface area (Å²) in [4.78, 5) is 26.6. The van der Waals surface area contributed by atoms with Crippen molar-refractivity contribution in [3.8, 4) is 11.1 Å². The molecule has 0 saturated carbocycles. The Bertz CT molecular complexity index is 761. The number of amides is 2. The van der Waals surface area contributed by atoms with Gasteiger partial charge in [0.15, 0.2) is 0 Å². The summed E-state index contributed by atoms with van der Waals surface area (Å²) >= 11 is 0. The minimum Gasteiger partial charge on any atom is -0.353 e. The van der Waals surface area contributed by atoms with Crippen LogP contribution < -0.4 is 5.32 Å². The number of nitrogens with zero attached hydrogens (tertiary/aromatic N) is 1. The first kappa shape index (κ1) is 19.2. The smallest absolute Gasteiger partial charge is 0.253 e. The van der Waals surface area contributed by atoms with Crippen LogP contribution in [0.15, 0.2) is 54.6 Å². The monoisotopic (exact) mass is 364 g/mol. The molecule has 2 aromatic rings. The fraction of sp³-hybridized carbons (Fsp3) is 0.391. The summed E-state index contributed by atoms with van der Waals surface area (Å²) in [7, 11) is 0. The summed E-state index contributed by atoms with van der Waals surface area (Å²) < 4.78 is 0. The zero-order chi connectivity index (χ0) is 19.2. The van der Waals surface area contributed by atoms with E-state index in [4.69, 9.17) is 0 Å². The average molecular weight is 364 g/mol. The maximum absolute atomic E-state index is 12.8. The van der Waals surface area contributed by atoms with Crippen LogP contribution in [-0.4, -0.2) is 35.8 Å². The summed E-state index contributed by atoms with van der Waals surface area (Å²) in [5.41, 5.74) is 2.98. The molecule has 1 N–H and O–H groups in total. The molecule has 1 aliphatic rings. The third kappa shape index (κ3) is 5.19. The molecule has 4 heteroatoms. The van der Waals surface area contributed by atoms with E-state index in [0.29, 0.717) is 25.4 Å². The number of carbonyl (C=O) groups is 2. The lowest BCUT2D eigenvalue weighted by Gasteiger charge is -2.32. The number of piperidine rings is 1. The summed E-state index contributed by atoms with van der Waals surface area (Å²) in [6.07, 6.45) is 2.20. The molecule has 0 bridgehead atoms. The van der Waals surface area contributed by atoms with Crippen molar-refractivity contribution < 1.29 is 9.59 Å². The summed E-state index contributed by atoms with van der Waals surface area (Å²) in [6, 6.07) is 18.1. The summed E-state index contributed by atoms with van der Waals surface area (Å²) in [6.45, 7) is 5.46. The Labute approximate surface area is 161 Å². The Kier molecular flexibility index (Phi) is 6.28. The van der Waals surface area contributed by atoms with Crippen molar-refractivity contribution in [2.75, 3.05) is 13.1 Å². The van der Waals surface area contributed by atoms with Gasteiger partial charge >= 0.3 is 0 Å². The van der Waals surface area contributed by atoms with Gasteiger partial charge in [-0.3, -0.25) is 9.59 Å². The molecule has 142 valence electrons. The van der Waals surface area contributed by atoms with Crippen molar-refractivity contribution in [3.63, 3.8) is 0 Å². The SMILES string of the molecule is CC(C)CC(=O)NC1CCN(C(=O)c2ccc(-c3ccccc3)cc2)CC1. The van der Waals surface area contributed by atoms with Crippen molar-refractivity contribution >= 4 is 11.8 Å². The number of benzene rings is 2. The van der Waals surface area contributed by atoms with E-state index in [0.717, 1.165) is 29.5 Å². The number of hydrogen-bond acceptors (Lipinski definition) is 2. The highest BCUT2D eigenvalue weighted by Gasteiger charge is 2.24. The Morgan fingerprint density at radius 2 is 1.56 bits per heavy atom. The van der Waals surface area contributed by atoms with Gasteiger partial charge in [0.05, 0.1) is 0 Å². The zero-order valence-corrected chi connectivity index (χ0v) is 16.2. The average Bonchev–Trinajstić information content (AvgIpc) is 2.68. The quantitative estimate of drug-likeness (QED) is 0.867. The van der Waals surface area contributed by atoms with Gasteiger partial charge < -0.3 is 10.2 Å². The first-order chi connectivity index (χ1) is 13.0. The van der Waals surface area contributed by atoms with Gasteiger partial charge in [-0.1, -0.05) is 56.3 Å². The molecule has 0 aromatic heterocycles. The molecule has 0 radical (unpaired) electrons. The van der Waals surface area contributed by atoms with E-state index in [1.165, 1.54) is 0 Å². The topological polar surface area (TPSA) is 49.4 Å². The van der Waals surface area contributed by atoms with Gasteiger partial charge in [-0.25, -0.2) is 0 Å².